The molecular formula is C11H15F2N5O. The maximum atomic E-state index is 13.8. The SMILES string of the molecule is NNc1nc(N2CCCCC2C(N)=O)c(F)cc1F. The van der Waals surface area contributed by atoms with Crippen molar-refractivity contribution in [3.63, 3.8) is 0 Å². The highest BCUT2D eigenvalue weighted by Gasteiger charge is 2.30. The smallest absolute Gasteiger partial charge is 0.240 e. The number of hydrazine groups is 1. The molecule has 104 valence electrons. The van der Waals surface area contributed by atoms with Crippen LogP contribution in [0, 0.1) is 11.6 Å². The third-order valence-corrected chi connectivity index (χ3v) is 3.15. The van der Waals surface area contributed by atoms with Crippen molar-refractivity contribution in [3.8, 4) is 0 Å². The maximum absolute atomic E-state index is 13.8. The third-order valence-electron chi connectivity index (χ3n) is 3.15. The number of carbonyl (C=O) groups is 1. The number of aromatic nitrogens is 1. The lowest BCUT2D eigenvalue weighted by molar-refractivity contribution is -0.119. The van der Waals surface area contributed by atoms with Crippen molar-refractivity contribution < 1.29 is 13.6 Å². The predicted octanol–water partition coefficient (Wildman–Crippen LogP) is 0.490. The molecule has 1 aliphatic heterocycles. The van der Waals surface area contributed by atoms with E-state index in [4.69, 9.17) is 11.6 Å². The van der Waals surface area contributed by atoms with E-state index in [0.29, 0.717) is 19.0 Å². The zero-order valence-electron chi connectivity index (χ0n) is 10.2. The summed E-state index contributed by atoms with van der Waals surface area (Å²) in [5, 5.41) is 0. The molecule has 1 unspecified atom stereocenters. The number of piperidine rings is 1. The van der Waals surface area contributed by atoms with E-state index in [9.17, 15) is 13.6 Å². The Hall–Kier alpha value is -1.96. The number of nitrogens with two attached hydrogens (primary N) is 2. The highest BCUT2D eigenvalue weighted by molar-refractivity contribution is 5.83. The molecule has 0 aromatic carbocycles. The summed E-state index contributed by atoms with van der Waals surface area (Å²) in [7, 11) is 0. The summed E-state index contributed by atoms with van der Waals surface area (Å²) in [6.45, 7) is 0.438. The Morgan fingerprint density at radius 1 is 1.42 bits per heavy atom. The molecule has 0 bridgehead atoms. The van der Waals surface area contributed by atoms with E-state index >= 15 is 0 Å². The van der Waals surface area contributed by atoms with Crippen LogP contribution < -0.4 is 21.9 Å². The molecule has 1 aliphatic rings. The van der Waals surface area contributed by atoms with Crippen LogP contribution in [0.15, 0.2) is 6.07 Å². The van der Waals surface area contributed by atoms with Crippen LogP contribution in [-0.2, 0) is 4.79 Å². The second-order valence-corrected chi connectivity index (χ2v) is 4.38. The van der Waals surface area contributed by atoms with E-state index in [1.807, 2.05) is 0 Å². The summed E-state index contributed by atoms with van der Waals surface area (Å²) in [4.78, 5) is 16.6. The van der Waals surface area contributed by atoms with Gasteiger partial charge in [-0.25, -0.2) is 19.6 Å². The van der Waals surface area contributed by atoms with Gasteiger partial charge in [-0.05, 0) is 19.3 Å². The number of hydrogen-bond donors (Lipinski definition) is 3. The molecular weight excluding hydrogens is 256 g/mol. The summed E-state index contributed by atoms with van der Waals surface area (Å²) in [5.74, 6) is 2.44. The van der Waals surface area contributed by atoms with Gasteiger partial charge in [-0.2, -0.15) is 0 Å². The van der Waals surface area contributed by atoms with E-state index in [1.54, 1.807) is 0 Å². The first-order chi connectivity index (χ1) is 9.04. The largest absolute Gasteiger partial charge is 0.368 e. The van der Waals surface area contributed by atoms with Gasteiger partial charge in [0, 0.05) is 12.6 Å². The van der Waals surface area contributed by atoms with E-state index in [0.717, 1.165) is 12.8 Å². The fraction of sp³-hybridized carbons (Fsp3) is 0.455. The zero-order valence-corrected chi connectivity index (χ0v) is 10.2. The Morgan fingerprint density at radius 3 is 2.79 bits per heavy atom. The van der Waals surface area contributed by atoms with Gasteiger partial charge in [-0.1, -0.05) is 0 Å². The molecule has 8 heteroatoms. The zero-order chi connectivity index (χ0) is 14.0. The number of nitrogen functional groups attached to an aromatic ring is 1. The number of carbonyl (C=O) groups excluding carboxylic acids is 1. The molecule has 5 N–H and O–H groups in total. The van der Waals surface area contributed by atoms with Gasteiger partial charge in [0.15, 0.2) is 23.3 Å². The summed E-state index contributed by atoms with van der Waals surface area (Å²) >= 11 is 0. The third kappa shape index (κ3) is 2.58. The van der Waals surface area contributed by atoms with Crippen LogP contribution in [0.5, 0.6) is 0 Å². The molecule has 0 aliphatic carbocycles. The molecule has 1 fully saturated rings. The fourth-order valence-electron chi connectivity index (χ4n) is 2.24. The Morgan fingerprint density at radius 2 is 2.16 bits per heavy atom. The number of amides is 1. The van der Waals surface area contributed by atoms with Gasteiger partial charge in [0.05, 0.1) is 0 Å². The van der Waals surface area contributed by atoms with Crippen LogP contribution >= 0.6 is 0 Å². The van der Waals surface area contributed by atoms with Gasteiger partial charge in [0.1, 0.15) is 6.04 Å². The molecule has 1 atom stereocenters. The molecule has 0 radical (unpaired) electrons. The summed E-state index contributed by atoms with van der Waals surface area (Å²) < 4.78 is 27.1. The van der Waals surface area contributed by atoms with Crippen LogP contribution in [0.1, 0.15) is 19.3 Å². The number of hydrogen-bond acceptors (Lipinski definition) is 5. The molecule has 19 heavy (non-hydrogen) atoms. The van der Waals surface area contributed by atoms with Gasteiger partial charge in [0.2, 0.25) is 5.91 Å². The molecule has 0 saturated carbocycles. The number of halogens is 2. The van der Waals surface area contributed by atoms with E-state index < -0.39 is 23.6 Å². The first-order valence-electron chi connectivity index (χ1n) is 5.93. The number of primary amides is 1. The normalized spacial score (nSPS) is 19.3. The number of nitrogens with one attached hydrogen (secondary N) is 1. The van der Waals surface area contributed by atoms with Crippen molar-refractivity contribution in [3.05, 3.63) is 17.7 Å². The Balaban J connectivity index is 2.41. The topological polar surface area (TPSA) is 97.3 Å². The summed E-state index contributed by atoms with van der Waals surface area (Å²) in [6, 6.07) is 0.0521. The highest BCUT2D eigenvalue weighted by Crippen LogP contribution is 2.27. The van der Waals surface area contributed by atoms with Crippen LogP contribution in [0.3, 0.4) is 0 Å². The Kier molecular flexibility index (Phi) is 3.79. The average molecular weight is 271 g/mol. The van der Waals surface area contributed by atoms with Crippen LogP contribution in [-0.4, -0.2) is 23.5 Å². The Bertz CT molecular complexity index is 496. The van der Waals surface area contributed by atoms with Crippen molar-refractivity contribution in [2.24, 2.45) is 11.6 Å². The van der Waals surface area contributed by atoms with Crippen LogP contribution in [0.25, 0.3) is 0 Å². The highest BCUT2D eigenvalue weighted by atomic mass is 19.1. The first kappa shape index (κ1) is 13.5. The van der Waals surface area contributed by atoms with Gasteiger partial charge < -0.3 is 16.1 Å². The van der Waals surface area contributed by atoms with Crippen molar-refractivity contribution in [2.45, 2.75) is 25.3 Å². The minimum atomic E-state index is -0.892. The quantitative estimate of drug-likeness (QED) is 0.549. The van der Waals surface area contributed by atoms with Gasteiger partial charge in [-0.15, -0.1) is 0 Å². The van der Waals surface area contributed by atoms with Gasteiger partial charge in [-0.3, -0.25) is 4.79 Å². The number of rotatable bonds is 3. The molecule has 0 spiro atoms. The molecule has 1 aromatic rings. The number of anilines is 2. The minimum Gasteiger partial charge on any atom is -0.368 e. The first-order valence-corrected chi connectivity index (χ1v) is 5.93. The molecule has 6 nitrogen and oxygen atoms in total. The van der Waals surface area contributed by atoms with Crippen LogP contribution in [0.4, 0.5) is 20.4 Å². The molecule has 1 amide bonds. The average Bonchev–Trinajstić information content (AvgIpc) is 2.39. The van der Waals surface area contributed by atoms with E-state index in [-0.39, 0.29) is 11.6 Å². The second-order valence-electron chi connectivity index (χ2n) is 4.38. The molecule has 1 saturated heterocycles. The summed E-state index contributed by atoms with van der Waals surface area (Å²) in [5.41, 5.74) is 7.35. The van der Waals surface area contributed by atoms with Crippen molar-refractivity contribution in [1.29, 1.82) is 0 Å². The molecule has 1 aromatic heterocycles. The van der Waals surface area contributed by atoms with Crippen molar-refractivity contribution in [2.75, 3.05) is 16.9 Å². The van der Waals surface area contributed by atoms with Crippen molar-refractivity contribution in [1.82, 2.24) is 4.98 Å². The minimum absolute atomic E-state index is 0.113. The lowest BCUT2D eigenvalue weighted by Crippen LogP contribution is -2.48. The van der Waals surface area contributed by atoms with E-state index in [2.05, 4.69) is 10.4 Å². The lowest BCUT2D eigenvalue weighted by Gasteiger charge is -2.34. The number of nitrogens with zero attached hydrogens (tertiary/aromatic N) is 2. The standard InChI is InChI=1S/C11H15F2N5O/c12-6-5-7(13)11(16-10(6)17-15)18-4-2-1-3-8(18)9(14)19/h5,8H,1-4,15H2,(H2,14,19)(H,16,17). The Labute approximate surface area is 108 Å². The predicted molar refractivity (Wildman–Crippen MR) is 66.1 cm³/mol. The van der Waals surface area contributed by atoms with E-state index in [1.165, 1.54) is 4.90 Å². The lowest BCUT2D eigenvalue weighted by atomic mass is 10.0. The molecule has 2 rings (SSSR count). The van der Waals surface area contributed by atoms with Crippen molar-refractivity contribution >= 4 is 17.5 Å². The fourth-order valence-corrected chi connectivity index (χ4v) is 2.24. The summed E-state index contributed by atoms with van der Waals surface area (Å²) in [6.07, 6.45) is 2.14. The number of pyridine rings is 1. The second kappa shape index (κ2) is 5.35. The monoisotopic (exact) mass is 271 g/mol. The van der Waals surface area contributed by atoms with Gasteiger partial charge in [0.25, 0.3) is 0 Å². The van der Waals surface area contributed by atoms with Crippen LogP contribution in [0.2, 0.25) is 0 Å². The molecule has 2 heterocycles. The van der Waals surface area contributed by atoms with Gasteiger partial charge >= 0.3 is 0 Å². The maximum Gasteiger partial charge on any atom is 0.240 e.